The molecule has 0 aliphatic heterocycles. The minimum absolute atomic E-state index is 0. The molecule has 0 bridgehead atoms. The molecule has 0 spiro atoms. The van der Waals surface area contributed by atoms with Gasteiger partial charge in [0, 0.05) is 28.6 Å². The predicted octanol–water partition coefficient (Wildman–Crippen LogP) is 3.42. The molecular weight excluding hydrogens is 487 g/mol. The Hall–Kier alpha value is -1.97. The van der Waals surface area contributed by atoms with Crippen LogP contribution in [0.2, 0.25) is 0 Å². The zero-order valence-corrected chi connectivity index (χ0v) is 13.2. The number of ketones is 2. The quantitative estimate of drug-likeness (QED) is 0.267. The van der Waals surface area contributed by atoms with Crippen LogP contribution in [-0.2, 0) is 26.1 Å². The zero-order valence-electron chi connectivity index (χ0n) is 12.2. The molecule has 170 valence electrons. The summed E-state index contributed by atoms with van der Waals surface area (Å²) in [5, 5.41) is 15.9. The molecular formula is C10H6F12NiO5. The van der Waals surface area contributed by atoms with Crippen LogP contribution in [0.5, 0.6) is 0 Å². The number of allylic oxidation sites excluding steroid dienone is 4. The molecule has 0 rings (SSSR count). The van der Waals surface area contributed by atoms with Gasteiger partial charge in [-0.05, 0) is 0 Å². The van der Waals surface area contributed by atoms with Crippen LogP contribution in [0.25, 0.3) is 0 Å². The Balaban J connectivity index is -0.000000192. The third-order valence-corrected chi connectivity index (χ3v) is 1.68. The normalized spacial score (nSPS) is 13.4. The summed E-state index contributed by atoms with van der Waals surface area (Å²) >= 11 is 0. The number of aliphatic hydroxyl groups is 2. The molecule has 28 heavy (non-hydrogen) atoms. The largest absolute Gasteiger partial charge is 0.504 e. The molecule has 0 fully saturated rings. The Kier molecular flexibility index (Phi) is 13.4. The van der Waals surface area contributed by atoms with Crippen molar-refractivity contribution in [3.05, 3.63) is 23.7 Å². The van der Waals surface area contributed by atoms with E-state index in [1.165, 1.54) is 0 Å². The smallest absolute Gasteiger partial charge is 0.454 e. The second kappa shape index (κ2) is 11.1. The molecule has 0 amide bonds. The van der Waals surface area contributed by atoms with Gasteiger partial charge in [-0.1, -0.05) is 0 Å². The molecule has 4 N–H and O–H groups in total. The third-order valence-electron chi connectivity index (χ3n) is 1.68. The van der Waals surface area contributed by atoms with Gasteiger partial charge in [0.1, 0.15) is 0 Å². The summed E-state index contributed by atoms with van der Waals surface area (Å²) in [7, 11) is 0. The van der Waals surface area contributed by atoms with Gasteiger partial charge in [0.05, 0.1) is 0 Å². The van der Waals surface area contributed by atoms with Crippen molar-refractivity contribution in [1.29, 1.82) is 0 Å². The number of carbonyl (C=O) groups is 2. The maximum Gasteiger partial charge on any atom is 0.454 e. The minimum atomic E-state index is -5.42. The van der Waals surface area contributed by atoms with E-state index in [0.717, 1.165) is 0 Å². The molecule has 0 aliphatic carbocycles. The van der Waals surface area contributed by atoms with Gasteiger partial charge in [-0.2, -0.15) is 52.7 Å². The molecule has 18 heteroatoms. The average molecular weight is 493 g/mol. The molecule has 0 saturated carbocycles. The summed E-state index contributed by atoms with van der Waals surface area (Å²) in [4.78, 5) is 19.7. The fourth-order valence-electron chi connectivity index (χ4n) is 0.576. The van der Waals surface area contributed by atoms with Crippen LogP contribution in [0.15, 0.2) is 23.7 Å². The van der Waals surface area contributed by atoms with Gasteiger partial charge in [-0.15, -0.1) is 0 Å². The molecule has 0 heterocycles. The molecule has 0 saturated heterocycles. The van der Waals surface area contributed by atoms with Crippen molar-refractivity contribution in [2.75, 3.05) is 0 Å². The van der Waals surface area contributed by atoms with Gasteiger partial charge in [0.25, 0.3) is 11.6 Å². The Morgan fingerprint density at radius 1 is 0.536 bits per heavy atom. The van der Waals surface area contributed by atoms with Crippen molar-refractivity contribution in [2.45, 2.75) is 24.7 Å². The second-order valence-corrected chi connectivity index (χ2v) is 3.78. The first-order valence-corrected chi connectivity index (χ1v) is 5.28. The first kappa shape index (κ1) is 33.6. The molecule has 0 atom stereocenters. The van der Waals surface area contributed by atoms with Crippen molar-refractivity contribution in [3.63, 3.8) is 0 Å². The van der Waals surface area contributed by atoms with Gasteiger partial charge in [0.2, 0.25) is 11.5 Å². The van der Waals surface area contributed by atoms with Crippen molar-refractivity contribution in [2.24, 2.45) is 0 Å². The monoisotopic (exact) mass is 492 g/mol. The fourth-order valence-corrected chi connectivity index (χ4v) is 0.576. The fraction of sp³-hybridized carbons (Fsp3) is 0.400. The van der Waals surface area contributed by atoms with Gasteiger partial charge in [0.15, 0.2) is 0 Å². The summed E-state index contributed by atoms with van der Waals surface area (Å²) in [6, 6.07) is 0. The molecule has 0 aliphatic rings. The molecule has 0 aromatic carbocycles. The summed E-state index contributed by atoms with van der Waals surface area (Å²) in [6.07, 6.45) is -23.4. The summed E-state index contributed by atoms with van der Waals surface area (Å²) in [6.45, 7) is 0. The van der Waals surface area contributed by atoms with E-state index in [2.05, 4.69) is 0 Å². The maximum atomic E-state index is 11.4. The van der Waals surface area contributed by atoms with Crippen LogP contribution < -0.4 is 0 Å². The van der Waals surface area contributed by atoms with E-state index in [1.807, 2.05) is 0 Å². The SMILES string of the molecule is O.O=C(C=C(O)C(F)(F)F)C(F)(F)F.O=C(C=C(O)C(F)(F)F)C(F)(F)F.[Ni]. The minimum Gasteiger partial charge on any atom is -0.504 e. The number of aliphatic hydroxyl groups excluding tert-OH is 2. The Morgan fingerprint density at radius 2 is 0.714 bits per heavy atom. The van der Waals surface area contributed by atoms with E-state index in [0.29, 0.717) is 0 Å². The number of alkyl halides is 12. The van der Waals surface area contributed by atoms with Crippen LogP contribution in [0.4, 0.5) is 52.7 Å². The van der Waals surface area contributed by atoms with Crippen molar-refractivity contribution < 1.29 is 94.5 Å². The summed E-state index contributed by atoms with van der Waals surface area (Å²) in [5.74, 6) is -10.7. The molecule has 0 unspecified atom stereocenters. The van der Waals surface area contributed by atoms with Crippen LogP contribution in [0.3, 0.4) is 0 Å². The van der Waals surface area contributed by atoms with E-state index < -0.39 is 59.9 Å². The molecule has 0 radical (unpaired) electrons. The zero-order chi connectivity index (χ0) is 21.7. The van der Waals surface area contributed by atoms with E-state index in [4.69, 9.17) is 10.2 Å². The number of hydrogen-bond donors (Lipinski definition) is 2. The van der Waals surface area contributed by atoms with Gasteiger partial charge in [-0.25, -0.2) is 0 Å². The van der Waals surface area contributed by atoms with E-state index in [1.54, 1.807) is 0 Å². The van der Waals surface area contributed by atoms with Gasteiger partial charge < -0.3 is 15.7 Å². The Morgan fingerprint density at radius 3 is 0.821 bits per heavy atom. The Bertz CT molecular complexity index is 530. The summed E-state index contributed by atoms with van der Waals surface area (Å²) < 4.78 is 136. The van der Waals surface area contributed by atoms with E-state index in [9.17, 15) is 62.3 Å². The number of rotatable bonds is 2. The number of hydrogen-bond acceptors (Lipinski definition) is 4. The van der Waals surface area contributed by atoms with Crippen molar-refractivity contribution >= 4 is 11.6 Å². The van der Waals surface area contributed by atoms with Crippen molar-refractivity contribution in [3.8, 4) is 0 Å². The first-order chi connectivity index (χ1) is 11.1. The van der Waals surface area contributed by atoms with Crippen LogP contribution in [0.1, 0.15) is 0 Å². The number of halogens is 12. The standard InChI is InChI=1S/2C5H2F6O2.Ni.H2O/c2*6-4(7,8)2(12)1-3(13)5(9,10)11;;/h2*1,12H;;1H2. The van der Waals surface area contributed by atoms with Gasteiger partial charge in [-0.3, -0.25) is 9.59 Å². The third kappa shape index (κ3) is 14.1. The van der Waals surface area contributed by atoms with Gasteiger partial charge >= 0.3 is 24.7 Å². The maximum absolute atomic E-state index is 11.4. The second-order valence-electron chi connectivity index (χ2n) is 3.78. The summed E-state index contributed by atoms with van der Waals surface area (Å²) in [5.41, 5.74) is 0. The molecule has 0 aromatic rings. The van der Waals surface area contributed by atoms with Crippen LogP contribution in [0, 0.1) is 0 Å². The topological polar surface area (TPSA) is 106 Å². The Labute approximate surface area is 155 Å². The first-order valence-electron chi connectivity index (χ1n) is 5.28. The van der Waals surface area contributed by atoms with Crippen LogP contribution >= 0.6 is 0 Å². The predicted molar refractivity (Wildman–Crippen MR) is 59.3 cm³/mol. The van der Waals surface area contributed by atoms with E-state index >= 15 is 0 Å². The molecule has 5 nitrogen and oxygen atoms in total. The van der Waals surface area contributed by atoms with Crippen LogP contribution in [-0.4, -0.2) is 52.0 Å². The number of carbonyl (C=O) groups excluding carboxylic acids is 2. The van der Waals surface area contributed by atoms with Crippen molar-refractivity contribution in [1.82, 2.24) is 0 Å². The van der Waals surface area contributed by atoms with E-state index in [-0.39, 0.29) is 22.0 Å². The molecule has 0 aromatic heterocycles. The average Bonchev–Trinajstić information content (AvgIpc) is 2.34.